The van der Waals surface area contributed by atoms with Gasteiger partial charge in [-0.2, -0.15) is 17.6 Å². The zero-order chi connectivity index (χ0) is 27.9. The lowest BCUT2D eigenvalue weighted by atomic mass is 9.76. The summed E-state index contributed by atoms with van der Waals surface area (Å²) in [5.74, 6) is -8.97. The molecule has 2 aromatic rings. The van der Waals surface area contributed by atoms with Gasteiger partial charge in [-0.15, -0.1) is 0 Å². The van der Waals surface area contributed by atoms with Crippen molar-refractivity contribution in [1.29, 1.82) is 0 Å². The molecule has 0 spiro atoms. The second-order valence-corrected chi connectivity index (χ2v) is 8.83. The largest absolute Gasteiger partial charge is 0.493 e. The lowest BCUT2D eigenvalue weighted by Crippen LogP contribution is -2.48. The summed E-state index contributed by atoms with van der Waals surface area (Å²) in [4.78, 5) is 42.0. The van der Waals surface area contributed by atoms with Crippen molar-refractivity contribution in [1.82, 2.24) is 4.98 Å². The number of benzene rings is 1. The molecule has 0 saturated carbocycles. The van der Waals surface area contributed by atoms with E-state index in [0.717, 1.165) is 44.2 Å². The van der Waals surface area contributed by atoms with Crippen molar-refractivity contribution in [3.8, 4) is 5.75 Å². The molecule has 13 heteroatoms. The van der Waals surface area contributed by atoms with Crippen LogP contribution in [0.1, 0.15) is 42.7 Å². The highest BCUT2D eigenvalue weighted by Gasteiger charge is 2.66. The number of ether oxygens (including phenoxy) is 2. The number of Topliss-reactive ketones (excluding diaryl/α,β-unsaturated/α-hetero) is 1. The lowest BCUT2D eigenvalue weighted by molar-refractivity contribution is -0.272. The van der Waals surface area contributed by atoms with Crippen LogP contribution in [0.25, 0.3) is 0 Å². The molecule has 2 amide bonds. The number of hydrogen-bond donors (Lipinski definition) is 1. The van der Waals surface area contributed by atoms with Crippen LogP contribution in [-0.4, -0.2) is 54.1 Å². The molecule has 1 fully saturated rings. The lowest BCUT2D eigenvalue weighted by Gasteiger charge is -2.32. The van der Waals surface area contributed by atoms with E-state index in [1.54, 1.807) is 0 Å². The highest BCUT2D eigenvalue weighted by atomic mass is 19.4. The number of nitrogens with zero attached hydrogens (tertiary/aromatic N) is 2. The maximum Gasteiger partial charge on any atom is 0.417 e. The molecule has 1 aromatic heterocycles. The smallest absolute Gasteiger partial charge is 0.417 e. The molecule has 200 valence electrons. The molecule has 1 aliphatic rings. The summed E-state index contributed by atoms with van der Waals surface area (Å²) in [5, 5.41) is 0. The maximum absolute atomic E-state index is 14.6. The Hall–Kier alpha value is -3.61. The van der Waals surface area contributed by atoms with Crippen LogP contribution in [0.3, 0.4) is 0 Å². The second-order valence-electron chi connectivity index (χ2n) is 8.83. The predicted molar refractivity (Wildman–Crippen MR) is 120 cm³/mol. The summed E-state index contributed by atoms with van der Waals surface area (Å²) >= 11 is 0. The highest BCUT2D eigenvalue weighted by Crippen LogP contribution is 2.55. The Morgan fingerprint density at radius 3 is 2.41 bits per heavy atom. The number of carbonyl (C=O) groups is 3. The normalized spacial score (nSPS) is 23.5. The number of carbonyl (C=O) groups excluding carboxylic acids is 3. The van der Waals surface area contributed by atoms with Gasteiger partial charge >= 0.3 is 6.18 Å². The molecule has 4 atom stereocenters. The van der Waals surface area contributed by atoms with Gasteiger partial charge in [0.2, 0.25) is 5.82 Å². The molecular formula is C24H24F5N3O5. The topological polar surface area (TPSA) is 112 Å². The number of primary amides is 1. The van der Waals surface area contributed by atoms with Crippen LogP contribution in [-0.2, 0) is 14.3 Å². The highest BCUT2D eigenvalue weighted by molar-refractivity contribution is 6.02. The third-order valence-corrected chi connectivity index (χ3v) is 6.51. The molecule has 2 N–H and O–H groups in total. The molecule has 1 aliphatic heterocycles. The first-order valence-electron chi connectivity index (χ1n) is 11.0. The number of rotatable bonds is 7. The van der Waals surface area contributed by atoms with Gasteiger partial charge in [0.25, 0.3) is 11.8 Å². The van der Waals surface area contributed by atoms with Gasteiger partial charge in [-0.1, -0.05) is 13.0 Å². The average Bonchev–Trinajstić information content (AvgIpc) is 3.10. The van der Waals surface area contributed by atoms with E-state index >= 15 is 0 Å². The number of hydrogen-bond acceptors (Lipinski definition) is 6. The summed E-state index contributed by atoms with van der Waals surface area (Å²) in [6, 6.07) is 4.08. The van der Waals surface area contributed by atoms with Gasteiger partial charge in [-0.25, -0.2) is 4.39 Å². The number of aromatic nitrogens is 1. The number of alkyl halides is 3. The Labute approximate surface area is 208 Å². The SMILES string of the molecule is COc1c([C@H]2[C@H](C(=O)N(CC(C)=O)c3ccnc(C(N)=O)c3)O[C@@](C)(C(F)(F)F)[C@H]2C)ccc(F)c1F. The number of ketones is 1. The minimum absolute atomic E-state index is 0.0585. The van der Waals surface area contributed by atoms with Crippen LogP contribution < -0.4 is 15.4 Å². The van der Waals surface area contributed by atoms with Crippen LogP contribution in [0.2, 0.25) is 0 Å². The molecular weight excluding hydrogens is 505 g/mol. The summed E-state index contributed by atoms with van der Waals surface area (Å²) < 4.78 is 81.4. The number of halogens is 5. The van der Waals surface area contributed by atoms with Gasteiger partial charge in [-0.05, 0) is 32.0 Å². The Morgan fingerprint density at radius 2 is 1.86 bits per heavy atom. The quantitative estimate of drug-likeness (QED) is 0.550. The van der Waals surface area contributed by atoms with Gasteiger partial charge in [0.1, 0.15) is 17.6 Å². The molecule has 0 bridgehead atoms. The van der Waals surface area contributed by atoms with Crippen LogP contribution in [0.4, 0.5) is 27.6 Å². The molecule has 37 heavy (non-hydrogen) atoms. The fourth-order valence-corrected chi connectivity index (χ4v) is 4.42. The van der Waals surface area contributed by atoms with Gasteiger partial charge < -0.3 is 20.1 Å². The van der Waals surface area contributed by atoms with Crippen LogP contribution >= 0.6 is 0 Å². The van der Waals surface area contributed by atoms with E-state index in [-0.39, 0.29) is 16.9 Å². The number of nitrogens with two attached hydrogens (primary N) is 1. The minimum Gasteiger partial charge on any atom is -0.493 e. The Balaban J connectivity index is 2.21. The summed E-state index contributed by atoms with van der Waals surface area (Å²) in [6.07, 6.45) is -5.75. The minimum atomic E-state index is -4.97. The number of anilines is 1. The van der Waals surface area contributed by atoms with Crippen molar-refractivity contribution in [3.05, 3.63) is 53.4 Å². The summed E-state index contributed by atoms with van der Waals surface area (Å²) in [5.41, 5.74) is 1.81. The summed E-state index contributed by atoms with van der Waals surface area (Å²) in [7, 11) is 1.01. The first-order valence-corrected chi connectivity index (χ1v) is 11.0. The van der Waals surface area contributed by atoms with Crippen molar-refractivity contribution in [2.45, 2.75) is 44.6 Å². The van der Waals surface area contributed by atoms with Crippen molar-refractivity contribution in [3.63, 3.8) is 0 Å². The summed E-state index contributed by atoms with van der Waals surface area (Å²) in [6.45, 7) is 2.46. The third kappa shape index (κ3) is 4.99. The van der Waals surface area contributed by atoms with E-state index in [4.69, 9.17) is 15.2 Å². The van der Waals surface area contributed by atoms with Gasteiger partial charge in [0, 0.05) is 29.3 Å². The van der Waals surface area contributed by atoms with E-state index in [1.165, 1.54) is 13.0 Å². The first-order chi connectivity index (χ1) is 17.1. The number of pyridine rings is 1. The van der Waals surface area contributed by atoms with Crippen LogP contribution in [0.15, 0.2) is 30.5 Å². The molecule has 1 saturated heterocycles. The maximum atomic E-state index is 14.6. The Kier molecular flexibility index (Phi) is 7.59. The van der Waals surface area contributed by atoms with Crippen LogP contribution in [0.5, 0.6) is 5.75 Å². The van der Waals surface area contributed by atoms with E-state index in [2.05, 4.69) is 4.98 Å². The van der Waals surface area contributed by atoms with Crippen molar-refractivity contribution < 1.29 is 45.8 Å². The first kappa shape index (κ1) is 28.0. The zero-order valence-electron chi connectivity index (χ0n) is 20.2. The van der Waals surface area contributed by atoms with Crippen molar-refractivity contribution in [2.24, 2.45) is 11.7 Å². The second kappa shape index (κ2) is 10.0. The number of methoxy groups -OCH3 is 1. The monoisotopic (exact) mass is 529 g/mol. The molecule has 3 rings (SSSR count). The average molecular weight is 529 g/mol. The molecule has 0 radical (unpaired) electrons. The molecule has 0 aliphatic carbocycles. The van der Waals surface area contributed by atoms with Crippen molar-refractivity contribution >= 4 is 23.3 Å². The zero-order valence-corrected chi connectivity index (χ0v) is 20.2. The van der Waals surface area contributed by atoms with Crippen molar-refractivity contribution in [2.75, 3.05) is 18.6 Å². The molecule has 0 unspecified atom stereocenters. The fraction of sp³-hybridized carbons (Fsp3) is 0.417. The van der Waals surface area contributed by atoms with Gasteiger partial charge in [0.05, 0.1) is 13.7 Å². The van der Waals surface area contributed by atoms with E-state index in [0.29, 0.717) is 6.07 Å². The van der Waals surface area contributed by atoms with E-state index in [9.17, 15) is 36.3 Å². The van der Waals surface area contributed by atoms with Crippen LogP contribution in [0, 0.1) is 17.6 Å². The molecule has 2 heterocycles. The molecule has 8 nitrogen and oxygen atoms in total. The third-order valence-electron chi connectivity index (χ3n) is 6.51. The molecule has 1 aromatic carbocycles. The Morgan fingerprint density at radius 1 is 1.22 bits per heavy atom. The van der Waals surface area contributed by atoms with Gasteiger partial charge in [0.15, 0.2) is 17.2 Å². The fourth-order valence-electron chi connectivity index (χ4n) is 4.42. The van der Waals surface area contributed by atoms with Gasteiger partial charge in [-0.3, -0.25) is 19.4 Å². The predicted octanol–water partition coefficient (Wildman–Crippen LogP) is 3.53. The standard InChI is InChI=1S/C24H24F5N3O5/c1-11(33)10-32(13-7-8-31-16(9-13)21(30)34)22(35)20-17(12(2)23(3,37-20)24(27,28)29)14-5-6-15(25)18(26)19(14)36-4/h5-9,12,17,20H,10H2,1-4H3,(H2,30,34)/t12-,17-,20+,23+/m0/s1. The Bertz CT molecular complexity index is 1240. The van der Waals surface area contributed by atoms with E-state index < -0.39 is 71.2 Å². The number of amides is 2. The van der Waals surface area contributed by atoms with E-state index in [1.807, 2.05) is 0 Å².